The highest BCUT2D eigenvalue weighted by Gasteiger charge is 2.24. The van der Waals surface area contributed by atoms with E-state index in [1.54, 1.807) is 0 Å². The van der Waals surface area contributed by atoms with Crippen molar-refractivity contribution in [3.8, 4) is 0 Å². The largest absolute Gasteiger partial charge is 0.314 e. The summed E-state index contributed by atoms with van der Waals surface area (Å²) >= 11 is 0. The van der Waals surface area contributed by atoms with Crippen molar-refractivity contribution in [1.29, 1.82) is 0 Å². The number of hydrogen-bond donors (Lipinski definition) is 1. The Morgan fingerprint density at radius 2 is 2.31 bits per heavy atom. The third-order valence-corrected chi connectivity index (χ3v) is 3.49. The van der Waals surface area contributed by atoms with Crippen LogP contribution in [0.25, 0.3) is 5.52 Å². The fourth-order valence-electron chi connectivity index (χ4n) is 2.42. The van der Waals surface area contributed by atoms with Crippen molar-refractivity contribution in [1.82, 2.24) is 14.7 Å². The predicted octanol–water partition coefficient (Wildman–Crippen LogP) is 2.32. The van der Waals surface area contributed by atoms with Crippen LogP contribution in [0.15, 0.2) is 24.4 Å². The van der Waals surface area contributed by atoms with E-state index in [-0.39, 0.29) is 0 Å². The Labute approximate surface area is 95.5 Å². The molecule has 1 saturated carbocycles. The molecule has 3 rings (SSSR count). The van der Waals surface area contributed by atoms with Gasteiger partial charge in [-0.25, -0.2) is 4.98 Å². The normalized spacial score (nSPS) is 16.6. The average molecular weight is 215 g/mol. The molecule has 0 aromatic carbocycles. The highest BCUT2D eigenvalue weighted by molar-refractivity contribution is 5.48. The van der Waals surface area contributed by atoms with Crippen molar-refractivity contribution in [2.75, 3.05) is 7.05 Å². The van der Waals surface area contributed by atoms with Crippen LogP contribution >= 0.6 is 0 Å². The molecule has 0 atom stereocenters. The molecule has 0 radical (unpaired) electrons. The number of aromatic nitrogens is 2. The minimum Gasteiger partial charge on any atom is -0.314 e. The summed E-state index contributed by atoms with van der Waals surface area (Å²) in [5, 5.41) is 3.22. The zero-order valence-corrected chi connectivity index (χ0v) is 9.61. The Bertz CT molecular complexity index is 497. The van der Waals surface area contributed by atoms with Crippen LogP contribution in [0.4, 0.5) is 0 Å². The van der Waals surface area contributed by atoms with Crippen molar-refractivity contribution in [3.63, 3.8) is 0 Å². The molecule has 0 saturated heterocycles. The number of imidazole rings is 1. The summed E-state index contributed by atoms with van der Waals surface area (Å²) in [6.07, 6.45) is 5.95. The van der Waals surface area contributed by atoms with Gasteiger partial charge in [0.15, 0.2) is 0 Å². The van der Waals surface area contributed by atoms with Crippen LogP contribution in [-0.2, 0) is 6.54 Å². The van der Waals surface area contributed by atoms with Crippen LogP contribution in [-0.4, -0.2) is 16.4 Å². The van der Waals surface area contributed by atoms with Gasteiger partial charge >= 0.3 is 0 Å². The van der Waals surface area contributed by atoms with E-state index in [1.165, 1.54) is 36.3 Å². The molecular weight excluding hydrogens is 198 g/mol. The molecule has 1 N–H and O–H groups in total. The maximum Gasteiger partial charge on any atom is 0.116 e. The van der Waals surface area contributed by atoms with Crippen molar-refractivity contribution in [3.05, 3.63) is 35.9 Å². The van der Waals surface area contributed by atoms with E-state index in [4.69, 9.17) is 0 Å². The quantitative estimate of drug-likeness (QED) is 0.851. The number of nitrogens with zero attached hydrogens (tertiary/aromatic N) is 2. The number of nitrogens with one attached hydrogen (secondary N) is 1. The van der Waals surface area contributed by atoms with E-state index in [2.05, 4.69) is 32.9 Å². The predicted molar refractivity (Wildman–Crippen MR) is 64.5 cm³/mol. The van der Waals surface area contributed by atoms with Crippen LogP contribution < -0.4 is 5.32 Å². The monoisotopic (exact) mass is 215 g/mol. The van der Waals surface area contributed by atoms with Crippen LogP contribution in [0.1, 0.15) is 36.7 Å². The second kappa shape index (κ2) is 3.91. The van der Waals surface area contributed by atoms with Gasteiger partial charge in [-0.3, -0.25) is 4.40 Å². The van der Waals surface area contributed by atoms with E-state index in [1.807, 2.05) is 13.2 Å². The third-order valence-electron chi connectivity index (χ3n) is 3.49. The second-order valence-corrected chi connectivity index (χ2v) is 4.55. The average Bonchev–Trinajstić information content (AvgIpc) is 2.61. The maximum atomic E-state index is 4.60. The van der Waals surface area contributed by atoms with Crippen molar-refractivity contribution in [2.24, 2.45) is 0 Å². The molecule has 16 heavy (non-hydrogen) atoms. The fourth-order valence-corrected chi connectivity index (χ4v) is 2.42. The van der Waals surface area contributed by atoms with E-state index < -0.39 is 0 Å². The summed E-state index contributed by atoms with van der Waals surface area (Å²) < 4.78 is 2.32. The van der Waals surface area contributed by atoms with Crippen LogP contribution in [0.2, 0.25) is 0 Å². The molecule has 0 aliphatic heterocycles. The Balaban J connectivity index is 2.13. The van der Waals surface area contributed by atoms with Gasteiger partial charge in [0, 0.05) is 18.2 Å². The molecule has 0 spiro atoms. The molecule has 3 nitrogen and oxygen atoms in total. The van der Waals surface area contributed by atoms with E-state index in [0.717, 1.165) is 6.54 Å². The van der Waals surface area contributed by atoms with Crippen LogP contribution in [0.3, 0.4) is 0 Å². The van der Waals surface area contributed by atoms with Crippen molar-refractivity contribution < 1.29 is 0 Å². The lowest BCUT2D eigenvalue weighted by atomic mass is 9.85. The van der Waals surface area contributed by atoms with Crippen molar-refractivity contribution in [2.45, 2.75) is 31.7 Å². The van der Waals surface area contributed by atoms with Crippen LogP contribution in [0, 0.1) is 0 Å². The summed E-state index contributed by atoms with van der Waals surface area (Å²) in [5.41, 5.74) is 2.52. The minimum absolute atomic E-state index is 0.681. The first-order chi connectivity index (χ1) is 7.90. The molecule has 0 bridgehead atoms. The molecule has 2 aromatic heterocycles. The molecule has 2 heterocycles. The summed E-state index contributed by atoms with van der Waals surface area (Å²) in [6.45, 7) is 0.896. The molecule has 1 aliphatic carbocycles. The standard InChI is InChI=1S/C13H17N3/c1-14-8-11-6-3-7-12-9-15-13(16(11)12)10-4-2-5-10/h3,6-7,9-10,14H,2,4-5,8H2,1H3. The Morgan fingerprint density at radius 3 is 3.00 bits per heavy atom. The summed E-state index contributed by atoms with van der Waals surface area (Å²) in [6, 6.07) is 6.41. The van der Waals surface area contributed by atoms with Gasteiger partial charge in [0.05, 0.1) is 11.7 Å². The molecule has 2 aromatic rings. The van der Waals surface area contributed by atoms with Crippen molar-refractivity contribution >= 4 is 5.52 Å². The van der Waals surface area contributed by atoms with E-state index >= 15 is 0 Å². The van der Waals surface area contributed by atoms with E-state index in [9.17, 15) is 0 Å². The lowest BCUT2D eigenvalue weighted by Crippen LogP contribution is -2.16. The number of hydrogen-bond acceptors (Lipinski definition) is 2. The lowest BCUT2D eigenvalue weighted by Gasteiger charge is -2.24. The Kier molecular flexibility index (Phi) is 2.40. The Hall–Kier alpha value is -1.35. The third kappa shape index (κ3) is 1.43. The molecular formula is C13H17N3. The van der Waals surface area contributed by atoms with Gasteiger partial charge in [0.25, 0.3) is 0 Å². The molecule has 1 aliphatic rings. The summed E-state index contributed by atoms with van der Waals surface area (Å²) in [7, 11) is 1.98. The SMILES string of the molecule is CNCc1cccc2cnc(C3CCC3)n12. The maximum absolute atomic E-state index is 4.60. The van der Waals surface area contributed by atoms with Gasteiger partial charge < -0.3 is 5.32 Å². The number of fused-ring (bicyclic) bond motifs is 1. The molecule has 3 heteroatoms. The topological polar surface area (TPSA) is 29.3 Å². The smallest absolute Gasteiger partial charge is 0.116 e. The molecule has 84 valence electrons. The zero-order valence-electron chi connectivity index (χ0n) is 9.61. The fraction of sp³-hybridized carbons (Fsp3) is 0.462. The molecule has 0 amide bonds. The number of rotatable bonds is 3. The van der Waals surface area contributed by atoms with Crippen LogP contribution in [0.5, 0.6) is 0 Å². The van der Waals surface area contributed by atoms with Gasteiger partial charge in [0.1, 0.15) is 5.82 Å². The minimum atomic E-state index is 0.681. The molecule has 1 fully saturated rings. The van der Waals surface area contributed by atoms with Gasteiger partial charge in [-0.2, -0.15) is 0 Å². The Morgan fingerprint density at radius 1 is 1.44 bits per heavy atom. The van der Waals surface area contributed by atoms with Gasteiger partial charge in [-0.05, 0) is 32.0 Å². The molecule has 0 unspecified atom stereocenters. The highest BCUT2D eigenvalue weighted by Crippen LogP contribution is 2.36. The first-order valence-electron chi connectivity index (χ1n) is 6.00. The van der Waals surface area contributed by atoms with E-state index in [0.29, 0.717) is 5.92 Å². The van der Waals surface area contributed by atoms with Gasteiger partial charge in [0.2, 0.25) is 0 Å². The highest BCUT2D eigenvalue weighted by atomic mass is 15.0. The second-order valence-electron chi connectivity index (χ2n) is 4.55. The summed E-state index contributed by atoms with van der Waals surface area (Å²) in [4.78, 5) is 4.60. The lowest BCUT2D eigenvalue weighted by molar-refractivity contribution is 0.399. The number of pyridine rings is 1. The first-order valence-corrected chi connectivity index (χ1v) is 6.00. The summed E-state index contributed by atoms with van der Waals surface area (Å²) in [5.74, 6) is 1.94. The zero-order chi connectivity index (χ0) is 11.0. The van der Waals surface area contributed by atoms with Gasteiger partial charge in [-0.1, -0.05) is 12.5 Å². The van der Waals surface area contributed by atoms with Gasteiger partial charge in [-0.15, -0.1) is 0 Å². The first kappa shape index (κ1) is 9.85.